The molecule has 0 saturated carbocycles. The van der Waals surface area contributed by atoms with Crippen LogP contribution in [0.3, 0.4) is 0 Å². The molecule has 0 N–H and O–H groups in total. The standard InChI is InChI=1S/2C11H15.4C4H8O.Ca/c2*1-9-5-7-10(8-6-9)11(2,3)4;4*1-2-4-5-3-1;/h2*5-8H,1H2,2-4H3;4*1-4H2;/q2*-1;;;;;+2. The Kier molecular flexibility index (Phi) is 25.0. The van der Waals surface area contributed by atoms with Crippen LogP contribution in [0.25, 0.3) is 0 Å². The maximum atomic E-state index is 4.94. The Morgan fingerprint density at radius 1 is 0.395 bits per heavy atom. The quantitative estimate of drug-likeness (QED) is 0.217. The second-order valence-corrected chi connectivity index (χ2v) is 13.2. The molecule has 43 heavy (non-hydrogen) atoms. The zero-order chi connectivity index (χ0) is 31.1. The van der Waals surface area contributed by atoms with Crippen molar-refractivity contribution in [3.05, 3.63) is 84.6 Å². The minimum atomic E-state index is 0. The molecule has 0 spiro atoms. The van der Waals surface area contributed by atoms with Crippen LogP contribution in [-0.2, 0) is 29.8 Å². The van der Waals surface area contributed by atoms with Gasteiger partial charge >= 0.3 is 37.7 Å². The summed E-state index contributed by atoms with van der Waals surface area (Å²) in [7, 11) is 0. The first kappa shape index (κ1) is 42.3. The Labute approximate surface area is 296 Å². The van der Waals surface area contributed by atoms with Gasteiger partial charge in [0.2, 0.25) is 0 Å². The van der Waals surface area contributed by atoms with Gasteiger partial charge in [-0.05, 0) is 62.2 Å². The molecule has 4 heterocycles. The first-order valence-electron chi connectivity index (χ1n) is 16.2. The van der Waals surface area contributed by atoms with E-state index in [1.807, 2.05) is 0 Å². The maximum absolute atomic E-state index is 4.94. The Morgan fingerprint density at radius 3 is 0.698 bits per heavy atom. The normalized spacial score (nSPS) is 17.1. The predicted molar refractivity (Wildman–Crippen MR) is 185 cm³/mol. The summed E-state index contributed by atoms with van der Waals surface area (Å²) in [5, 5.41) is 0. The van der Waals surface area contributed by atoms with Gasteiger partial charge in [0.1, 0.15) is 0 Å². The summed E-state index contributed by atoms with van der Waals surface area (Å²) in [6, 6.07) is 16.8. The molecule has 0 atom stereocenters. The fourth-order valence-corrected chi connectivity index (χ4v) is 4.05. The molecular weight excluding hydrogens is 560 g/mol. The summed E-state index contributed by atoms with van der Waals surface area (Å²) in [5.41, 5.74) is 5.41. The van der Waals surface area contributed by atoms with Crippen molar-refractivity contribution in [1.29, 1.82) is 0 Å². The molecule has 0 aromatic heterocycles. The molecule has 2 aromatic rings. The van der Waals surface area contributed by atoms with Crippen molar-refractivity contribution in [3.63, 3.8) is 0 Å². The van der Waals surface area contributed by atoms with Gasteiger partial charge < -0.3 is 18.9 Å². The largest absolute Gasteiger partial charge is 2.00 e. The molecule has 0 unspecified atom stereocenters. The fraction of sp³-hybridized carbons (Fsp3) is 0.632. The molecule has 4 fully saturated rings. The summed E-state index contributed by atoms with van der Waals surface area (Å²) >= 11 is 0. The Bertz CT molecular complexity index is 740. The van der Waals surface area contributed by atoms with Crippen LogP contribution in [0.5, 0.6) is 0 Å². The topological polar surface area (TPSA) is 36.9 Å². The van der Waals surface area contributed by atoms with Crippen molar-refractivity contribution >= 4 is 37.7 Å². The average Bonchev–Trinajstić information content (AvgIpc) is 3.79. The van der Waals surface area contributed by atoms with Crippen LogP contribution < -0.4 is 0 Å². The van der Waals surface area contributed by atoms with Gasteiger partial charge in [0.15, 0.2) is 0 Å². The monoisotopic (exact) mass is 622 g/mol. The van der Waals surface area contributed by atoms with Crippen LogP contribution in [0.15, 0.2) is 48.5 Å². The Balaban J connectivity index is 0.000000510. The molecule has 0 radical (unpaired) electrons. The van der Waals surface area contributed by atoms with Crippen molar-refractivity contribution in [1.82, 2.24) is 0 Å². The number of hydrogen-bond donors (Lipinski definition) is 0. The van der Waals surface area contributed by atoms with E-state index in [4.69, 9.17) is 18.9 Å². The summed E-state index contributed by atoms with van der Waals surface area (Å²) in [6.45, 7) is 29.0. The number of hydrogen-bond acceptors (Lipinski definition) is 4. The van der Waals surface area contributed by atoms with E-state index in [-0.39, 0.29) is 48.6 Å². The SMILES string of the molecule is C1CCOC1.C1CCOC1.C1CCOC1.C1CCOC1.[CH2-]c1ccc(C(C)(C)C)cc1.[CH2-]c1ccc(C(C)(C)C)cc1.[Ca+2]. The van der Waals surface area contributed by atoms with E-state index in [1.54, 1.807) is 0 Å². The predicted octanol–water partition coefficient (Wildman–Crippen LogP) is 9.14. The first-order chi connectivity index (χ1) is 20.0. The smallest absolute Gasteiger partial charge is 0.381 e. The molecule has 5 heteroatoms. The van der Waals surface area contributed by atoms with E-state index < -0.39 is 0 Å². The second kappa shape index (κ2) is 25.5. The summed E-state index contributed by atoms with van der Waals surface area (Å²) in [4.78, 5) is 0. The number of benzene rings is 2. The van der Waals surface area contributed by atoms with Gasteiger partial charge in [0, 0.05) is 52.9 Å². The zero-order valence-corrected chi connectivity index (χ0v) is 30.9. The summed E-state index contributed by atoms with van der Waals surface area (Å²) < 4.78 is 19.8. The molecule has 4 saturated heterocycles. The van der Waals surface area contributed by atoms with Gasteiger partial charge in [-0.15, -0.1) is 24.3 Å². The van der Waals surface area contributed by atoms with E-state index in [1.165, 1.54) is 62.5 Å². The summed E-state index contributed by atoms with van der Waals surface area (Å²) in [6.07, 6.45) is 10.2. The van der Waals surface area contributed by atoms with Gasteiger partial charge in [0.25, 0.3) is 0 Å². The molecule has 6 rings (SSSR count). The van der Waals surface area contributed by atoms with E-state index in [0.717, 1.165) is 64.0 Å². The molecular formula is C38H62CaO4. The fourth-order valence-electron chi connectivity index (χ4n) is 4.05. The Hall–Kier alpha value is -0.720. The molecule has 2 aromatic carbocycles. The minimum absolute atomic E-state index is 0. The minimum Gasteiger partial charge on any atom is -0.381 e. The van der Waals surface area contributed by atoms with Crippen molar-refractivity contribution in [2.75, 3.05) is 52.9 Å². The molecule has 4 aliphatic rings. The molecule has 4 aliphatic heterocycles. The second-order valence-electron chi connectivity index (χ2n) is 13.2. The molecule has 240 valence electrons. The van der Waals surface area contributed by atoms with E-state index in [0.29, 0.717) is 0 Å². The first-order valence-corrected chi connectivity index (χ1v) is 16.2. The molecule has 4 nitrogen and oxygen atoms in total. The number of ether oxygens (including phenoxy) is 4. The third-order valence-corrected chi connectivity index (χ3v) is 6.95. The van der Waals surface area contributed by atoms with Crippen molar-refractivity contribution in [2.45, 2.75) is 104 Å². The third kappa shape index (κ3) is 24.2. The van der Waals surface area contributed by atoms with Crippen LogP contribution in [0.2, 0.25) is 0 Å². The van der Waals surface area contributed by atoms with Crippen molar-refractivity contribution < 1.29 is 18.9 Å². The number of rotatable bonds is 0. The summed E-state index contributed by atoms with van der Waals surface area (Å²) in [5.74, 6) is 0. The van der Waals surface area contributed by atoms with Crippen LogP contribution in [-0.4, -0.2) is 90.6 Å². The van der Waals surface area contributed by atoms with Crippen molar-refractivity contribution in [3.8, 4) is 0 Å². The van der Waals surface area contributed by atoms with Crippen LogP contribution >= 0.6 is 0 Å². The van der Waals surface area contributed by atoms with Crippen LogP contribution in [0.1, 0.15) is 115 Å². The van der Waals surface area contributed by atoms with E-state index >= 15 is 0 Å². The Morgan fingerprint density at radius 2 is 0.581 bits per heavy atom. The van der Waals surface area contributed by atoms with Gasteiger partial charge in [-0.3, -0.25) is 0 Å². The average molecular weight is 623 g/mol. The van der Waals surface area contributed by atoms with Gasteiger partial charge in [-0.25, -0.2) is 0 Å². The van der Waals surface area contributed by atoms with Gasteiger partial charge in [-0.2, -0.15) is 49.2 Å². The molecule has 0 aliphatic carbocycles. The zero-order valence-electron chi connectivity index (χ0n) is 28.7. The van der Waals surface area contributed by atoms with Gasteiger partial charge in [0.05, 0.1) is 0 Å². The third-order valence-electron chi connectivity index (χ3n) is 6.95. The van der Waals surface area contributed by atoms with Crippen LogP contribution in [0.4, 0.5) is 0 Å². The van der Waals surface area contributed by atoms with Crippen molar-refractivity contribution in [2.24, 2.45) is 0 Å². The van der Waals surface area contributed by atoms with E-state index in [9.17, 15) is 0 Å². The van der Waals surface area contributed by atoms with Crippen LogP contribution in [0, 0.1) is 13.8 Å². The van der Waals surface area contributed by atoms with Gasteiger partial charge in [-0.1, -0.05) is 52.7 Å². The molecule has 0 amide bonds. The molecule has 0 bridgehead atoms. The maximum Gasteiger partial charge on any atom is 2.00 e. The van der Waals surface area contributed by atoms with E-state index in [2.05, 4.69) is 104 Å².